The van der Waals surface area contributed by atoms with Crippen LogP contribution in [0.4, 0.5) is 0 Å². The Bertz CT molecular complexity index is 1100. The highest BCUT2D eigenvalue weighted by molar-refractivity contribution is 5.37. The number of rotatable bonds is 7. The molecule has 0 bridgehead atoms. The molecular formula is C23H23N5O3. The summed E-state index contributed by atoms with van der Waals surface area (Å²) in [6.07, 6.45) is 8.37. The van der Waals surface area contributed by atoms with Crippen LogP contribution < -0.4 is 4.74 Å². The molecule has 158 valence electrons. The lowest BCUT2D eigenvalue weighted by Gasteiger charge is -2.28. The van der Waals surface area contributed by atoms with Gasteiger partial charge < -0.3 is 18.8 Å². The van der Waals surface area contributed by atoms with Gasteiger partial charge in [0.05, 0.1) is 12.9 Å². The normalized spacial score (nSPS) is 20.7. The van der Waals surface area contributed by atoms with E-state index in [2.05, 4.69) is 34.1 Å². The van der Waals surface area contributed by atoms with Crippen LogP contribution >= 0.6 is 0 Å². The Morgan fingerprint density at radius 3 is 2.61 bits per heavy atom. The van der Waals surface area contributed by atoms with E-state index in [0.717, 1.165) is 17.0 Å². The second kappa shape index (κ2) is 8.33. The molecule has 5 rings (SSSR count). The van der Waals surface area contributed by atoms with Crippen LogP contribution in [0.5, 0.6) is 5.75 Å². The number of imidazole rings is 1. The first kappa shape index (κ1) is 19.5. The van der Waals surface area contributed by atoms with Gasteiger partial charge in [0.15, 0.2) is 0 Å². The average Bonchev–Trinajstić information content (AvgIpc) is 3.57. The smallest absolute Gasteiger partial charge is 0.215 e. The van der Waals surface area contributed by atoms with E-state index in [1.165, 1.54) is 11.9 Å². The monoisotopic (exact) mass is 417 g/mol. The van der Waals surface area contributed by atoms with E-state index in [1.807, 2.05) is 47.2 Å². The molecule has 2 aromatic heterocycles. The summed E-state index contributed by atoms with van der Waals surface area (Å²) in [6.45, 7) is 3.27. The number of nitrogens with zero attached hydrogens (tertiary/aromatic N) is 5. The van der Waals surface area contributed by atoms with E-state index in [-0.39, 0.29) is 6.10 Å². The van der Waals surface area contributed by atoms with Crippen molar-refractivity contribution in [2.45, 2.75) is 25.4 Å². The summed E-state index contributed by atoms with van der Waals surface area (Å²) in [5.74, 6) is -0.155. The fraction of sp³-hybridized carbons (Fsp3) is 0.261. The summed E-state index contributed by atoms with van der Waals surface area (Å²) in [5.41, 5.74) is 3.15. The molecule has 0 saturated carbocycles. The van der Waals surface area contributed by atoms with Crippen LogP contribution in [0.1, 0.15) is 11.1 Å². The highest BCUT2D eigenvalue weighted by atomic mass is 16.8. The maximum absolute atomic E-state index is 6.40. The van der Waals surface area contributed by atoms with Gasteiger partial charge in [-0.2, -0.15) is 5.10 Å². The molecule has 1 fully saturated rings. The molecule has 3 heterocycles. The van der Waals surface area contributed by atoms with Crippen LogP contribution in [0.2, 0.25) is 0 Å². The Morgan fingerprint density at radius 1 is 1.06 bits per heavy atom. The van der Waals surface area contributed by atoms with Crippen molar-refractivity contribution in [1.29, 1.82) is 0 Å². The Morgan fingerprint density at radius 2 is 1.90 bits per heavy atom. The van der Waals surface area contributed by atoms with Gasteiger partial charge in [-0.05, 0) is 31.2 Å². The third-order valence-electron chi connectivity index (χ3n) is 5.26. The maximum Gasteiger partial charge on any atom is 0.215 e. The molecule has 4 aromatic rings. The Kier molecular flexibility index (Phi) is 5.23. The van der Waals surface area contributed by atoms with Crippen LogP contribution in [0.25, 0.3) is 5.69 Å². The number of ether oxygens (including phenoxy) is 3. The number of benzene rings is 2. The predicted octanol–water partition coefficient (Wildman–Crippen LogP) is 3.12. The molecule has 0 spiro atoms. The van der Waals surface area contributed by atoms with Crippen LogP contribution in [0.3, 0.4) is 0 Å². The van der Waals surface area contributed by atoms with Gasteiger partial charge in [-0.3, -0.25) is 0 Å². The van der Waals surface area contributed by atoms with Crippen molar-refractivity contribution in [1.82, 2.24) is 24.3 Å². The molecule has 1 aliphatic rings. The first-order valence-corrected chi connectivity index (χ1v) is 10.1. The zero-order chi connectivity index (χ0) is 21.1. The van der Waals surface area contributed by atoms with Gasteiger partial charge in [-0.1, -0.05) is 29.8 Å². The average molecular weight is 417 g/mol. The van der Waals surface area contributed by atoms with Crippen LogP contribution in [-0.4, -0.2) is 43.6 Å². The highest BCUT2D eigenvalue weighted by Gasteiger charge is 2.44. The molecule has 2 aromatic carbocycles. The minimum absolute atomic E-state index is 0.210. The quantitative estimate of drug-likeness (QED) is 0.460. The lowest BCUT2D eigenvalue weighted by atomic mass is 10.0. The Hall–Kier alpha value is -3.49. The van der Waals surface area contributed by atoms with E-state index >= 15 is 0 Å². The molecule has 31 heavy (non-hydrogen) atoms. The third kappa shape index (κ3) is 4.21. The topological polar surface area (TPSA) is 76.2 Å². The zero-order valence-electron chi connectivity index (χ0n) is 17.2. The largest absolute Gasteiger partial charge is 0.491 e. The van der Waals surface area contributed by atoms with Gasteiger partial charge in [0, 0.05) is 23.6 Å². The van der Waals surface area contributed by atoms with E-state index < -0.39 is 5.79 Å². The standard InChI is InChI=1S/C23H23N5O3/c1-18-2-4-19(5-3-18)23(14-28-17-25-15-26-28)30-13-22(31-23)12-29-21-8-6-20(7-9-21)27-11-10-24-16-27/h2-11,15-17,22H,12-14H2,1H3. The van der Waals surface area contributed by atoms with E-state index in [9.17, 15) is 0 Å². The van der Waals surface area contributed by atoms with Gasteiger partial charge in [0.2, 0.25) is 5.79 Å². The molecule has 1 aliphatic heterocycles. The molecule has 8 heteroatoms. The number of aromatic nitrogens is 5. The van der Waals surface area contributed by atoms with Crippen molar-refractivity contribution in [2.75, 3.05) is 13.2 Å². The minimum atomic E-state index is -0.930. The maximum atomic E-state index is 6.40. The molecule has 2 atom stereocenters. The second-order valence-corrected chi connectivity index (χ2v) is 7.54. The zero-order valence-corrected chi connectivity index (χ0v) is 17.2. The molecule has 1 saturated heterocycles. The fourth-order valence-electron chi connectivity index (χ4n) is 3.62. The lowest BCUT2D eigenvalue weighted by Crippen LogP contribution is -2.34. The van der Waals surface area contributed by atoms with Crippen molar-refractivity contribution in [3.05, 3.63) is 91.0 Å². The Labute approximate surface area is 180 Å². The molecular weight excluding hydrogens is 394 g/mol. The van der Waals surface area contributed by atoms with Gasteiger partial charge in [0.1, 0.15) is 37.7 Å². The van der Waals surface area contributed by atoms with Crippen molar-refractivity contribution in [3.8, 4) is 11.4 Å². The predicted molar refractivity (Wildman–Crippen MR) is 113 cm³/mol. The molecule has 0 aliphatic carbocycles. The summed E-state index contributed by atoms with van der Waals surface area (Å²) in [5, 5.41) is 4.22. The highest BCUT2D eigenvalue weighted by Crippen LogP contribution is 2.36. The molecule has 2 unspecified atom stereocenters. The molecule has 0 radical (unpaired) electrons. The van der Waals surface area contributed by atoms with Crippen molar-refractivity contribution >= 4 is 0 Å². The van der Waals surface area contributed by atoms with Crippen molar-refractivity contribution in [3.63, 3.8) is 0 Å². The fourth-order valence-corrected chi connectivity index (χ4v) is 3.62. The van der Waals surface area contributed by atoms with Crippen LogP contribution in [-0.2, 0) is 21.8 Å². The molecule has 0 N–H and O–H groups in total. The molecule has 8 nitrogen and oxygen atoms in total. The first-order valence-electron chi connectivity index (χ1n) is 10.1. The molecule has 0 amide bonds. The summed E-state index contributed by atoms with van der Waals surface area (Å²) in [6, 6.07) is 16.0. The first-order chi connectivity index (χ1) is 15.2. The van der Waals surface area contributed by atoms with Crippen LogP contribution in [0, 0.1) is 6.92 Å². The minimum Gasteiger partial charge on any atom is -0.491 e. The number of hydrogen-bond donors (Lipinski definition) is 0. The van der Waals surface area contributed by atoms with Crippen LogP contribution in [0.15, 0.2) is 79.9 Å². The third-order valence-corrected chi connectivity index (χ3v) is 5.26. The van der Waals surface area contributed by atoms with Gasteiger partial charge in [0.25, 0.3) is 0 Å². The van der Waals surface area contributed by atoms with Gasteiger partial charge >= 0.3 is 0 Å². The number of hydrogen-bond acceptors (Lipinski definition) is 6. The lowest BCUT2D eigenvalue weighted by molar-refractivity contribution is -0.190. The summed E-state index contributed by atoms with van der Waals surface area (Å²) >= 11 is 0. The number of aryl methyl sites for hydroxylation is 1. The summed E-state index contributed by atoms with van der Waals surface area (Å²) < 4.78 is 22.3. The van der Waals surface area contributed by atoms with E-state index in [4.69, 9.17) is 14.2 Å². The van der Waals surface area contributed by atoms with Gasteiger partial charge in [-0.15, -0.1) is 0 Å². The Balaban J connectivity index is 1.27. The van der Waals surface area contributed by atoms with Gasteiger partial charge in [-0.25, -0.2) is 14.6 Å². The summed E-state index contributed by atoms with van der Waals surface area (Å²) in [7, 11) is 0. The SMILES string of the molecule is Cc1ccc(C2(Cn3cncn3)OCC(COc3ccc(-n4ccnc4)cc3)O2)cc1. The van der Waals surface area contributed by atoms with Crippen molar-refractivity contribution < 1.29 is 14.2 Å². The van der Waals surface area contributed by atoms with E-state index in [0.29, 0.717) is 19.8 Å². The van der Waals surface area contributed by atoms with E-state index in [1.54, 1.807) is 23.5 Å². The summed E-state index contributed by atoms with van der Waals surface area (Å²) in [4.78, 5) is 8.10. The van der Waals surface area contributed by atoms with Crippen molar-refractivity contribution in [2.24, 2.45) is 0 Å². The second-order valence-electron chi connectivity index (χ2n) is 7.54.